The van der Waals surface area contributed by atoms with Crippen LogP contribution < -0.4 is 20.5 Å². The van der Waals surface area contributed by atoms with Gasteiger partial charge in [0.15, 0.2) is 17.1 Å². The second-order valence-corrected chi connectivity index (χ2v) is 14.1. The average molecular weight is 412 g/mol. The van der Waals surface area contributed by atoms with Gasteiger partial charge in [0.1, 0.15) is 5.52 Å². The zero-order valence-electron chi connectivity index (χ0n) is 17.2. The summed E-state index contributed by atoms with van der Waals surface area (Å²) in [6.45, 7) is 7.02. The Hall–Kier alpha value is -2.81. The summed E-state index contributed by atoms with van der Waals surface area (Å²) in [5.74, 6) is 1.91. The number of nitrogens with zero attached hydrogens (tertiary/aromatic N) is 4. The summed E-state index contributed by atoms with van der Waals surface area (Å²) >= 11 is 0. The first-order valence-corrected chi connectivity index (χ1v) is 13.3. The van der Waals surface area contributed by atoms with Crippen molar-refractivity contribution in [3.63, 3.8) is 0 Å². The fourth-order valence-electron chi connectivity index (χ4n) is 4.44. The quantitative estimate of drug-likeness (QED) is 0.664. The number of benzene rings is 1. The summed E-state index contributed by atoms with van der Waals surface area (Å²) in [6, 6.07) is 6.41. The van der Waals surface area contributed by atoms with E-state index < -0.39 is 8.07 Å². The molecule has 1 aromatic carbocycles. The number of aromatic nitrogens is 4. The van der Waals surface area contributed by atoms with Crippen LogP contribution in [0.1, 0.15) is 18.0 Å². The first-order chi connectivity index (χ1) is 13.8. The highest BCUT2D eigenvalue weighted by Crippen LogP contribution is 2.39. The molecule has 1 unspecified atom stereocenters. The molecule has 0 saturated carbocycles. The lowest BCUT2D eigenvalue weighted by molar-refractivity contribution is 0.174. The SMILES string of the molecule is Cc1cc2c(cc1Nc1ncc3c(n1)n(C1CC[Si](C)(C)C1)c(=O)n3C)OCO2. The Morgan fingerprint density at radius 2 is 2.00 bits per heavy atom. The molecule has 0 amide bonds. The molecular weight excluding hydrogens is 386 g/mol. The van der Waals surface area contributed by atoms with E-state index in [0.29, 0.717) is 17.3 Å². The van der Waals surface area contributed by atoms with Gasteiger partial charge in [-0.3, -0.25) is 9.13 Å². The Labute approximate surface area is 169 Å². The van der Waals surface area contributed by atoms with E-state index in [2.05, 4.69) is 23.4 Å². The largest absolute Gasteiger partial charge is 0.454 e. The highest BCUT2D eigenvalue weighted by atomic mass is 28.3. The van der Waals surface area contributed by atoms with Gasteiger partial charge in [0, 0.05) is 32.9 Å². The summed E-state index contributed by atoms with van der Waals surface area (Å²) in [5.41, 5.74) is 3.31. The summed E-state index contributed by atoms with van der Waals surface area (Å²) in [6.07, 6.45) is 2.77. The first-order valence-electron chi connectivity index (χ1n) is 9.94. The monoisotopic (exact) mass is 411 g/mol. The molecule has 1 fully saturated rings. The molecule has 1 saturated heterocycles. The number of hydrogen-bond donors (Lipinski definition) is 1. The van der Waals surface area contributed by atoms with Gasteiger partial charge in [-0.2, -0.15) is 4.98 Å². The van der Waals surface area contributed by atoms with Crippen molar-refractivity contribution in [2.45, 2.75) is 44.6 Å². The second kappa shape index (κ2) is 6.35. The molecule has 2 aliphatic rings. The van der Waals surface area contributed by atoms with Crippen LogP contribution in [0.25, 0.3) is 11.2 Å². The average Bonchev–Trinajstić information content (AvgIpc) is 3.33. The van der Waals surface area contributed by atoms with E-state index in [-0.39, 0.29) is 18.5 Å². The van der Waals surface area contributed by atoms with Crippen molar-refractivity contribution < 1.29 is 9.47 Å². The molecule has 29 heavy (non-hydrogen) atoms. The van der Waals surface area contributed by atoms with Gasteiger partial charge in [-0.25, -0.2) is 9.78 Å². The minimum absolute atomic E-state index is 0.0117. The summed E-state index contributed by atoms with van der Waals surface area (Å²) in [4.78, 5) is 22.2. The van der Waals surface area contributed by atoms with E-state index in [1.54, 1.807) is 17.8 Å². The Kier molecular flexibility index (Phi) is 3.99. The molecule has 1 atom stereocenters. The molecule has 8 nitrogen and oxygen atoms in total. The van der Waals surface area contributed by atoms with Crippen LogP contribution in [0.4, 0.5) is 11.6 Å². The van der Waals surface area contributed by atoms with Crippen molar-refractivity contribution in [2.24, 2.45) is 7.05 Å². The number of anilines is 2. The molecule has 152 valence electrons. The van der Waals surface area contributed by atoms with E-state index in [4.69, 9.17) is 14.5 Å². The minimum Gasteiger partial charge on any atom is -0.454 e. The fourth-order valence-corrected chi connectivity index (χ4v) is 7.42. The van der Waals surface area contributed by atoms with Gasteiger partial charge in [0.25, 0.3) is 0 Å². The lowest BCUT2D eigenvalue weighted by atomic mass is 10.2. The van der Waals surface area contributed by atoms with Crippen LogP contribution in [-0.2, 0) is 7.05 Å². The Morgan fingerprint density at radius 1 is 1.24 bits per heavy atom. The summed E-state index contributed by atoms with van der Waals surface area (Å²) < 4.78 is 14.4. The van der Waals surface area contributed by atoms with Gasteiger partial charge >= 0.3 is 5.69 Å². The van der Waals surface area contributed by atoms with Crippen LogP contribution >= 0.6 is 0 Å². The van der Waals surface area contributed by atoms with Crippen LogP contribution in [0.3, 0.4) is 0 Å². The molecule has 5 rings (SSSR count). The maximum atomic E-state index is 13.0. The number of nitrogens with one attached hydrogen (secondary N) is 1. The molecule has 4 heterocycles. The Bertz CT molecular complexity index is 1180. The molecule has 0 bridgehead atoms. The highest BCUT2D eigenvalue weighted by molar-refractivity contribution is 6.78. The predicted octanol–water partition coefficient (Wildman–Crippen LogP) is 3.56. The number of rotatable bonds is 3. The van der Waals surface area contributed by atoms with Gasteiger partial charge in [-0.05, 0) is 31.0 Å². The number of fused-ring (bicyclic) bond motifs is 2. The zero-order chi connectivity index (χ0) is 20.3. The van der Waals surface area contributed by atoms with E-state index >= 15 is 0 Å². The lowest BCUT2D eigenvalue weighted by Crippen LogP contribution is -2.27. The van der Waals surface area contributed by atoms with Crippen molar-refractivity contribution in [3.8, 4) is 11.5 Å². The third-order valence-electron chi connectivity index (χ3n) is 6.11. The number of hydrogen-bond acceptors (Lipinski definition) is 6. The maximum absolute atomic E-state index is 13.0. The lowest BCUT2D eigenvalue weighted by Gasteiger charge is -2.16. The Balaban J connectivity index is 1.55. The fraction of sp³-hybridized carbons (Fsp3) is 0.450. The molecule has 2 aromatic heterocycles. The van der Waals surface area contributed by atoms with Crippen molar-refractivity contribution in [2.75, 3.05) is 12.1 Å². The van der Waals surface area contributed by atoms with Gasteiger partial charge in [0.05, 0.1) is 6.20 Å². The molecule has 3 aromatic rings. The van der Waals surface area contributed by atoms with Crippen molar-refractivity contribution >= 4 is 30.9 Å². The van der Waals surface area contributed by atoms with E-state index in [1.807, 2.05) is 23.6 Å². The van der Waals surface area contributed by atoms with Crippen molar-refractivity contribution in [3.05, 3.63) is 34.4 Å². The topological polar surface area (TPSA) is 83.2 Å². The second-order valence-electron chi connectivity index (χ2n) is 8.82. The summed E-state index contributed by atoms with van der Waals surface area (Å²) in [7, 11) is 0.556. The van der Waals surface area contributed by atoms with Gasteiger partial charge < -0.3 is 14.8 Å². The molecular formula is C20H25N5O3Si. The van der Waals surface area contributed by atoms with Crippen molar-refractivity contribution in [1.29, 1.82) is 0 Å². The van der Waals surface area contributed by atoms with E-state index in [9.17, 15) is 4.79 Å². The predicted molar refractivity (Wildman–Crippen MR) is 114 cm³/mol. The molecule has 0 aliphatic carbocycles. The van der Waals surface area contributed by atoms with Gasteiger partial charge in [-0.15, -0.1) is 0 Å². The number of imidazole rings is 1. The van der Waals surface area contributed by atoms with Crippen LogP contribution in [-0.4, -0.2) is 34.0 Å². The number of ether oxygens (including phenoxy) is 2. The van der Waals surface area contributed by atoms with Gasteiger partial charge in [-0.1, -0.05) is 19.1 Å². The van der Waals surface area contributed by atoms with Crippen LogP contribution in [0.15, 0.2) is 23.1 Å². The van der Waals surface area contributed by atoms with Crippen LogP contribution in [0.5, 0.6) is 11.5 Å². The normalized spacial score (nSPS) is 19.8. The summed E-state index contributed by atoms with van der Waals surface area (Å²) in [5, 5.41) is 3.28. The van der Waals surface area contributed by atoms with E-state index in [1.165, 1.54) is 6.04 Å². The molecule has 0 radical (unpaired) electrons. The maximum Gasteiger partial charge on any atom is 0.330 e. The third-order valence-corrected chi connectivity index (χ3v) is 9.32. The van der Waals surface area contributed by atoms with Gasteiger partial charge in [0.2, 0.25) is 12.7 Å². The third kappa shape index (κ3) is 3.00. The zero-order valence-corrected chi connectivity index (χ0v) is 18.2. The van der Waals surface area contributed by atoms with Crippen LogP contribution in [0, 0.1) is 6.92 Å². The molecule has 9 heteroatoms. The molecule has 2 aliphatic heterocycles. The Morgan fingerprint density at radius 3 is 2.72 bits per heavy atom. The minimum atomic E-state index is -1.23. The molecule has 0 spiro atoms. The van der Waals surface area contributed by atoms with Crippen LogP contribution in [0.2, 0.25) is 25.2 Å². The number of aryl methyl sites for hydroxylation is 2. The molecule has 1 N–H and O–H groups in total. The van der Waals surface area contributed by atoms with E-state index in [0.717, 1.165) is 35.0 Å². The highest BCUT2D eigenvalue weighted by Gasteiger charge is 2.35. The standard InChI is InChI=1S/C20H25N5O3Si/c1-12-7-16-17(28-11-27-16)8-14(12)22-19-21-9-15-18(23-19)25(20(26)24(15)2)13-5-6-29(3,4)10-13/h7-9,13H,5-6,10-11H2,1-4H3,(H,21,22,23). The smallest absolute Gasteiger partial charge is 0.330 e. The first kappa shape index (κ1) is 18.2. The van der Waals surface area contributed by atoms with Crippen molar-refractivity contribution in [1.82, 2.24) is 19.1 Å².